The fourth-order valence-corrected chi connectivity index (χ4v) is 11.7. The number of hydrogen-bond donors (Lipinski definition) is 12. The molecule has 0 aliphatic carbocycles. The Kier molecular flexibility index (Phi) is 47.9. The van der Waals surface area contributed by atoms with Gasteiger partial charge in [0, 0.05) is 6.42 Å². The number of aliphatic hydroxyl groups excluding tert-OH is 11. The first-order chi connectivity index (χ1) is 43.8. The first kappa shape index (κ1) is 81.7. The lowest BCUT2D eigenvalue weighted by Crippen LogP contribution is -2.66. The minimum absolute atomic E-state index is 0.231. The van der Waals surface area contributed by atoms with E-state index in [-0.39, 0.29) is 18.9 Å². The van der Waals surface area contributed by atoms with Gasteiger partial charge in [0.25, 0.3) is 0 Å². The molecule has 3 rings (SSSR count). The molecule has 17 unspecified atom stereocenters. The van der Waals surface area contributed by atoms with Crippen LogP contribution in [0, 0.1) is 0 Å². The molecule has 3 fully saturated rings. The van der Waals surface area contributed by atoms with Crippen LogP contribution in [-0.2, 0) is 33.2 Å². The van der Waals surface area contributed by atoms with E-state index in [9.17, 15) is 61.0 Å². The van der Waals surface area contributed by atoms with E-state index in [0.29, 0.717) is 12.8 Å². The summed E-state index contributed by atoms with van der Waals surface area (Å²) in [7, 11) is 0. The lowest BCUT2D eigenvalue weighted by molar-refractivity contribution is -0.379. The summed E-state index contributed by atoms with van der Waals surface area (Å²) >= 11 is 0. The van der Waals surface area contributed by atoms with Crippen molar-refractivity contribution < 1.29 is 89.4 Å². The molecule has 0 spiro atoms. The number of carbonyl (C=O) groups excluding carboxylic acids is 1. The minimum Gasteiger partial charge on any atom is -0.394 e. The van der Waals surface area contributed by atoms with Crippen molar-refractivity contribution in [3.8, 4) is 0 Å². The number of aliphatic hydroxyl groups is 11. The van der Waals surface area contributed by atoms with Gasteiger partial charge in [-0.1, -0.05) is 229 Å². The Morgan fingerprint density at radius 2 is 0.744 bits per heavy atom. The van der Waals surface area contributed by atoms with Crippen LogP contribution < -0.4 is 5.32 Å². The summed E-state index contributed by atoms with van der Waals surface area (Å²) in [6, 6.07) is -0.998. The number of ether oxygens (including phenoxy) is 6. The summed E-state index contributed by atoms with van der Waals surface area (Å²) in [5, 5.41) is 120. The highest BCUT2D eigenvalue weighted by Gasteiger charge is 2.53. The van der Waals surface area contributed by atoms with Gasteiger partial charge in [0.05, 0.1) is 38.6 Å². The largest absolute Gasteiger partial charge is 0.394 e. The molecule has 0 aromatic heterocycles. The Bertz CT molecular complexity index is 1870. The number of unbranched alkanes of at least 4 members (excludes halogenated alkanes) is 30. The van der Waals surface area contributed by atoms with Gasteiger partial charge in [-0.15, -0.1) is 0 Å². The molecule has 0 radical (unpaired) electrons. The maximum Gasteiger partial charge on any atom is 0.220 e. The van der Waals surface area contributed by atoms with E-state index in [1.54, 1.807) is 6.08 Å². The molecule has 3 heterocycles. The predicted octanol–water partition coefficient (Wildman–Crippen LogP) is 9.55. The molecule has 524 valence electrons. The zero-order valence-electron chi connectivity index (χ0n) is 55.4. The van der Waals surface area contributed by atoms with Crippen LogP contribution in [0.5, 0.6) is 0 Å². The molecule has 0 aromatic rings. The van der Waals surface area contributed by atoms with Crippen molar-refractivity contribution in [2.45, 2.75) is 356 Å². The quantitative estimate of drug-likeness (QED) is 0.0199. The molecule has 1 amide bonds. The Labute approximate surface area is 541 Å². The summed E-state index contributed by atoms with van der Waals surface area (Å²) in [6.45, 7) is 1.70. The highest BCUT2D eigenvalue weighted by atomic mass is 16.8. The van der Waals surface area contributed by atoms with Gasteiger partial charge in [-0.05, 0) is 77.0 Å². The topological polar surface area (TPSA) is 307 Å². The van der Waals surface area contributed by atoms with Gasteiger partial charge in [-0.2, -0.15) is 0 Å². The van der Waals surface area contributed by atoms with Gasteiger partial charge >= 0.3 is 0 Å². The Morgan fingerprint density at radius 3 is 1.18 bits per heavy atom. The first-order valence-corrected chi connectivity index (χ1v) is 35.5. The van der Waals surface area contributed by atoms with Crippen molar-refractivity contribution in [3.63, 3.8) is 0 Å². The molecule has 3 aliphatic rings. The third-order valence-corrected chi connectivity index (χ3v) is 17.5. The molecule has 12 N–H and O–H groups in total. The number of rotatable bonds is 54. The monoisotopic (exact) mass is 1280 g/mol. The molecule has 3 aliphatic heterocycles. The van der Waals surface area contributed by atoms with Crippen LogP contribution in [0.4, 0.5) is 0 Å². The summed E-state index contributed by atoms with van der Waals surface area (Å²) < 4.78 is 34.3. The molecule has 90 heavy (non-hydrogen) atoms. The molecule has 0 aromatic carbocycles. The highest BCUT2D eigenvalue weighted by molar-refractivity contribution is 5.76. The van der Waals surface area contributed by atoms with Gasteiger partial charge < -0.3 is 89.9 Å². The summed E-state index contributed by atoms with van der Waals surface area (Å²) in [4.78, 5) is 13.4. The van der Waals surface area contributed by atoms with Crippen molar-refractivity contribution in [2.24, 2.45) is 0 Å². The van der Waals surface area contributed by atoms with Crippen molar-refractivity contribution in [1.29, 1.82) is 0 Å². The van der Waals surface area contributed by atoms with Gasteiger partial charge in [-0.3, -0.25) is 4.79 Å². The van der Waals surface area contributed by atoms with Crippen molar-refractivity contribution in [3.05, 3.63) is 60.8 Å². The molecular formula is C71H127NO18. The standard InChI is InChI=1S/C71H127NO18/c1-3-5-7-9-11-13-15-17-19-21-23-24-25-26-27-28-29-30-31-33-35-37-39-41-43-45-47-49-59(77)72-54(55(76)48-46-44-42-40-38-36-34-32-22-20-18-16-14-12-10-8-6-4-2)53-85-69-65(83)62(80)67(57(51-74)87-69)90-71-66(84)63(81)68(58(52-75)88-71)89-70-64(82)61(79)60(78)56(50-73)86-70/h15,17,21-23,32,38,40,46,48,54-58,60-71,73-76,78-84H,3-14,16,18-20,24-31,33-37,39,41-45,47,49-53H2,1-2H3,(H,72,77)/b17-15-,23-21-,32-22+,40-38+,48-46+. The maximum absolute atomic E-state index is 13.4. The van der Waals surface area contributed by atoms with E-state index in [1.807, 2.05) is 6.08 Å². The molecule has 0 bridgehead atoms. The fraction of sp³-hybridized carbons (Fsp3) is 0.845. The second-order valence-corrected chi connectivity index (χ2v) is 25.3. The van der Waals surface area contributed by atoms with Crippen molar-refractivity contribution in [1.82, 2.24) is 5.32 Å². The van der Waals surface area contributed by atoms with Crippen LogP contribution in [0.15, 0.2) is 60.8 Å². The number of nitrogens with one attached hydrogen (secondary N) is 1. The number of hydrogen-bond acceptors (Lipinski definition) is 18. The summed E-state index contributed by atoms with van der Waals surface area (Å²) in [6.07, 6.45) is 37.7. The zero-order valence-corrected chi connectivity index (χ0v) is 55.4. The van der Waals surface area contributed by atoms with Crippen LogP contribution in [0.25, 0.3) is 0 Å². The Morgan fingerprint density at radius 1 is 0.400 bits per heavy atom. The number of carbonyl (C=O) groups is 1. The van der Waals surface area contributed by atoms with E-state index in [4.69, 9.17) is 28.4 Å². The van der Waals surface area contributed by atoms with E-state index in [1.165, 1.54) is 167 Å². The number of amides is 1. The third-order valence-electron chi connectivity index (χ3n) is 17.5. The van der Waals surface area contributed by atoms with Crippen molar-refractivity contribution >= 4 is 5.91 Å². The Hall–Kier alpha value is -2.51. The molecular weight excluding hydrogens is 1150 g/mol. The average Bonchev–Trinajstić information content (AvgIpc) is 0.866. The molecule has 0 saturated carbocycles. The summed E-state index contributed by atoms with van der Waals surface area (Å²) in [5.74, 6) is -0.289. The van der Waals surface area contributed by atoms with Crippen LogP contribution >= 0.6 is 0 Å². The smallest absolute Gasteiger partial charge is 0.220 e. The highest BCUT2D eigenvalue weighted by Crippen LogP contribution is 2.33. The summed E-state index contributed by atoms with van der Waals surface area (Å²) in [5.41, 5.74) is 0. The van der Waals surface area contributed by atoms with Crippen molar-refractivity contribution in [2.75, 3.05) is 26.4 Å². The average molecular weight is 1280 g/mol. The first-order valence-electron chi connectivity index (χ1n) is 35.5. The second-order valence-electron chi connectivity index (χ2n) is 25.3. The maximum atomic E-state index is 13.4. The van der Waals surface area contributed by atoms with E-state index in [2.05, 4.69) is 67.8 Å². The number of allylic oxidation sites excluding steroid dienone is 9. The molecule has 3 saturated heterocycles. The molecule has 19 heteroatoms. The van der Waals surface area contributed by atoms with Gasteiger partial charge in [0.2, 0.25) is 5.91 Å². The van der Waals surface area contributed by atoms with Crippen LogP contribution in [0.1, 0.15) is 251 Å². The fourth-order valence-electron chi connectivity index (χ4n) is 11.7. The second kappa shape index (κ2) is 52.7. The minimum atomic E-state index is -1.98. The SMILES string of the molecule is CCCCCCC/C=C\C/C=C\CCCCCCCCCCCCCCCCCC(=O)NC(COC1OC(CO)C(OC2OC(CO)C(OC3OC(CO)C(O)C(O)C3O)C(O)C2O)C(O)C1O)C(O)/C=C/CC/C=C/CC/C=C/CCCCCCCCCC. The van der Waals surface area contributed by atoms with Gasteiger partial charge in [0.15, 0.2) is 18.9 Å². The van der Waals surface area contributed by atoms with E-state index >= 15 is 0 Å². The lowest BCUT2D eigenvalue weighted by Gasteiger charge is -2.48. The molecule has 17 atom stereocenters. The lowest BCUT2D eigenvalue weighted by atomic mass is 9.96. The van der Waals surface area contributed by atoms with Crippen LogP contribution in [0.3, 0.4) is 0 Å². The Balaban J connectivity index is 1.43. The normalized spacial score (nSPS) is 28.4. The zero-order chi connectivity index (χ0) is 65.4. The van der Waals surface area contributed by atoms with E-state index < -0.39 is 124 Å². The van der Waals surface area contributed by atoms with E-state index in [0.717, 1.165) is 51.4 Å². The third kappa shape index (κ3) is 34.2. The van der Waals surface area contributed by atoms with Crippen LogP contribution in [0.2, 0.25) is 0 Å². The van der Waals surface area contributed by atoms with Gasteiger partial charge in [0.1, 0.15) is 73.2 Å². The molecule has 19 nitrogen and oxygen atoms in total. The van der Waals surface area contributed by atoms with Crippen LogP contribution in [-0.4, -0.2) is 193 Å². The van der Waals surface area contributed by atoms with Gasteiger partial charge in [-0.25, -0.2) is 0 Å². The predicted molar refractivity (Wildman–Crippen MR) is 351 cm³/mol.